The van der Waals surface area contributed by atoms with E-state index in [-0.39, 0.29) is 11.9 Å². The first-order valence-electron chi connectivity index (χ1n) is 7.06. The van der Waals surface area contributed by atoms with E-state index in [4.69, 9.17) is 28.9 Å². The molecular weight excluding hydrogens is 295 g/mol. The molecule has 3 nitrogen and oxygen atoms in total. The number of benzene rings is 1. The van der Waals surface area contributed by atoms with Crippen LogP contribution in [0.4, 0.5) is 5.69 Å². The summed E-state index contributed by atoms with van der Waals surface area (Å²) in [6.07, 6.45) is 5.68. The maximum atomic E-state index is 12.2. The van der Waals surface area contributed by atoms with E-state index in [2.05, 4.69) is 12.2 Å². The van der Waals surface area contributed by atoms with Crippen LogP contribution in [0.2, 0.25) is 10.0 Å². The highest BCUT2D eigenvalue weighted by Gasteiger charge is 2.22. The summed E-state index contributed by atoms with van der Waals surface area (Å²) in [6.45, 7) is 2.22. The second kappa shape index (κ2) is 6.68. The molecule has 0 aromatic heterocycles. The molecule has 3 N–H and O–H groups in total. The molecular formula is C15H20Cl2N2O. The smallest absolute Gasteiger partial charge is 0.251 e. The lowest BCUT2D eigenvalue weighted by atomic mass is 9.84. The van der Waals surface area contributed by atoms with Crippen molar-refractivity contribution in [3.63, 3.8) is 0 Å². The van der Waals surface area contributed by atoms with Gasteiger partial charge in [0, 0.05) is 11.6 Å². The number of carbonyl (C=O) groups excluding carboxylic acids is 1. The number of nitrogens with one attached hydrogen (secondary N) is 1. The zero-order valence-electron chi connectivity index (χ0n) is 11.6. The Morgan fingerprint density at radius 1 is 1.30 bits per heavy atom. The van der Waals surface area contributed by atoms with E-state index < -0.39 is 0 Å². The SMILES string of the molecule is CCC1CCC(NC(=O)c2cc(N)c(Cl)c(Cl)c2)CC1. The quantitative estimate of drug-likeness (QED) is 0.818. The van der Waals surface area contributed by atoms with Gasteiger partial charge >= 0.3 is 0 Å². The van der Waals surface area contributed by atoms with Crippen LogP contribution in [-0.4, -0.2) is 11.9 Å². The molecule has 1 fully saturated rings. The largest absolute Gasteiger partial charge is 0.397 e. The van der Waals surface area contributed by atoms with Gasteiger partial charge in [0.2, 0.25) is 0 Å². The molecule has 0 unspecified atom stereocenters. The summed E-state index contributed by atoms with van der Waals surface area (Å²) in [5.41, 5.74) is 6.53. The molecule has 1 aliphatic rings. The lowest BCUT2D eigenvalue weighted by molar-refractivity contribution is 0.0921. The molecule has 0 atom stereocenters. The molecule has 0 aliphatic heterocycles. The Bertz CT molecular complexity index is 474. The van der Waals surface area contributed by atoms with E-state index in [0.29, 0.717) is 21.3 Å². The van der Waals surface area contributed by atoms with Gasteiger partial charge in [0.1, 0.15) is 0 Å². The minimum atomic E-state index is -0.129. The van der Waals surface area contributed by atoms with Crippen LogP contribution in [0.25, 0.3) is 0 Å². The van der Waals surface area contributed by atoms with Crippen LogP contribution in [0.1, 0.15) is 49.4 Å². The second-order valence-corrected chi connectivity index (χ2v) is 6.25. The van der Waals surface area contributed by atoms with E-state index in [1.165, 1.54) is 19.3 Å². The van der Waals surface area contributed by atoms with Gasteiger partial charge in [-0.1, -0.05) is 36.5 Å². The van der Waals surface area contributed by atoms with E-state index in [0.717, 1.165) is 18.8 Å². The number of hydrogen-bond donors (Lipinski definition) is 2. The summed E-state index contributed by atoms with van der Waals surface area (Å²) in [5.74, 6) is 0.680. The highest BCUT2D eigenvalue weighted by Crippen LogP contribution is 2.30. The zero-order chi connectivity index (χ0) is 14.7. The van der Waals surface area contributed by atoms with Gasteiger partial charge in [0.25, 0.3) is 5.91 Å². The van der Waals surface area contributed by atoms with Crippen molar-refractivity contribution in [3.8, 4) is 0 Å². The average molecular weight is 315 g/mol. The van der Waals surface area contributed by atoms with E-state index in [9.17, 15) is 4.79 Å². The molecule has 0 bridgehead atoms. The lowest BCUT2D eigenvalue weighted by Crippen LogP contribution is -2.37. The molecule has 20 heavy (non-hydrogen) atoms. The first kappa shape index (κ1) is 15.5. The topological polar surface area (TPSA) is 55.1 Å². The minimum Gasteiger partial charge on any atom is -0.397 e. The fourth-order valence-electron chi connectivity index (χ4n) is 2.73. The Balaban J connectivity index is 1.99. The summed E-state index contributed by atoms with van der Waals surface area (Å²) in [7, 11) is 0. The number of carbonyl (C=O) groups is 1. The van der Waals surface area contributed by atoms with Gasteiger partial charge in [-0.3, -0.25) is 4.79 Å². The number of anilines is 1. The van der Waals surface area contributed by atoms with Gasteiger partial charge in [-0.25, -0.2) is 0 Å². The summed E-state index contributed by atoms with van der Waals surface area (Å²) < 4.78 is 0. The number of nitrogen functional groups attached to an aromatic ring is 1. The summed E-state index contributed by atoms with van der Waals surface area (Å²) >= 11 is 11.8. The third-order valence-electron chi connectivity index (χ3n) is 4.08. The van der Waals surface area contributed by atoms with Gasteiger partial charge < -0.3 is 11.1 Å². The number of rotatable bonds is 3. The van der Waals surface area contributed by atoms with Crippen molar-refractivity contribution in [1.29, 1.82) is 0 Å². The molecule has 0 heterocycles. The predicted octanol–water partition coefficient (Wildman–Crippen LogP) is 4.27. The maximum absolute atomic E-state index is 12.2. The van der Waals surface area contributed by atoms with Gasteiger partial charge in [0.15, 0.2) is 0 Å². The summed E-state index contributed by atoms with van der Waals surface area (Å²) in [4.78, 5) is 12.2. The molecule has 1 aromatic rings. The first-order chi connectivity index (χ1) is 9.51. The van der Waals surface area contributed by atoms with Crippen LogP contribution in [-0.2, 0) is 0 Å². The molecule has 5 heteroatoms. The van der Waals surface area contributed by atoms with Crippen LogP contribution < -0.4 is 11.1 Å². The van der Waals surface area contributed by atoms with Crippen LogP contribution in [0.5, 0.6) is 0 Å². The van der Waals surface area contributed by atoms with E-state index >= 15 is 0 Å². The maximum Gasteiger partial charge on any atom is 0.251 e. The molecule has 2 rings (SSSR count). The number of amides is 1. The van der Waals surface area contributed by atoms with Gasteiger partial charge in [-0.05, 0) is 43.7 Å². The monoisotopic (exact) mass is 314 g/mol. The second-order valence-electron chi connectivity index (χ2n) is 5.46. The van der Waals surface area contributed by atoms with Gasteiger partial charge in [-0.2, -0.15) is 0 Å². The summed E-state index contributed by atoms with van der Waals surface area (Å²) in [6, 6.07) is 3.38. The third kappa shape index (κ3) is 3.58. The number of halogens is 2. The molecule has 110 valence electrons. The third-order valence-corrected chi connectivity index (χ3v) is 4.89. The van der Waals surface area contributed by atoms with Crippen molar-refractivity contribution < 1.29 is 4.79 Å². The molecule has 0 spiro atoms. The van der Waals surface area contributed by atoms with Crippen molar-refractivity contribution in [2.45, 2.75) is 45.1 Å². The average Bonchev–Trinajstić information content (AvgIpc) is 2.45. The van der Waals surface area contributed by atoms with Gasteiger partial charge in [-0.15, -0.1) is 0 Å². The molecule has 1 aromatic carbocycles. The Morgan fingerprint density at radius 3 is 2.50 bits per heavy atom. The van der Waals surface area contributed by atoms with E-state index in [1.807, 2.05) is 0 Å². The highest BCUT2D eigenvalue weighted by molar-refractivity contribution is 6.43. The van der Waals surface area contributed by atoms with Crippen molar-refractivity contribution in [3.05, 3.63) is 27.7 Å². The Kier molecular flexibility index (Phi) is 5.17. The van der Waals surface area contributed by atoms with Crippen LogP contribution >= 0.6 is 23.2 Å². The summed E-state index contributed by atoms with van der Waals surface area (Å²) in [5, 5.41) is 3.67. The highest BCUT2D eigenvalue weighted by atomic mass is 35.5. The molecule has 1 saturated carbocycles. The van der Waals surface area contributed by atoms with E-state index in [1.54, 1.807) is 12.1 Å². The lowest BCUT2D eigenvalue weighted by Gasteiger charge is -2.28. The van der Waals surface area contributed by atoms with Gasteiger partial charge in [0.05, 0.1) is 15.7 Å². The van der Waals surface area contributed by atoms with Crippen LogP contribution in [0, 0.1) is 5.92 Å². The van der Waals surface area contributed by atoms with Crippen LogP contribution in [0.15, 0.2) is 12.1 Å². The van der Waals surface area contributed by atoms with Crippen molar-refractivity contribution in [2.24, 2.45) is 5.92 Å². The molecule has 0 radical (unpaired) electrons. The Labute approximate surface area is 129 Å². The Hall–Kier alpha value is -0.930. The molecule has 1 amide bonds. The Morgan fingerprint density at radius 2 is 1.95 bits per heavy atom. The number of hydrogen-bond acceptors (Lipinski definition) is 2. The van der Waals surface area contributed by atoms with Crippen LogP contribution in [0.3, 0.4) is 0 Å². The van der Waals surface area contributed by atoms with Crippen molar-refractivity contribution in [1.82, 2.24) is 5.32 Å². The fraction of sp³-hybridized carbons (Fsp3) is 0.533. The first-order valence-corrected chi connectivity index (χ1v) is 7.82. The molecule has 1 aliphatic carbocycles. The normalized spacial score (nSPS) is 22.6. The minimum absolute atomic E-state index is 0.129. The number of nitrogens with two attached hydrogens (primary N) is 1. The van der Waals surface area contributed by atoms with Crippen molar-refractivity contribution in [2.75, 3.05) is 5.73 Å². The predicted molar refractivity (Wildman–Crippen MR) is 84.4 cm³/mol. The fourth-order valence-corrected chi connectivity index (χ4v) is 3.06. The van der Waals surface area contributed by atoms with Crippen molar-refractivity contribution >= 4 is 34.8 Å². The standard InChI is InChI=1S/C15H20Cl2N2O/c1-2-9-3-5-11(6-4-9)19-15(20)10-7-12(16)14(17)13(18)8-10/h7-9,11H,2-6,18H2,1H3,(H,19,20). The molecule has 0 saturated heterocycles. The zero-order valence-corrected chi connectivity index (χ0v) is 13.1.